The van der Waals surface area contributed by atoms with Crippen molar-refractivity contribution >= 4 is 16.9 Å². The van der Waals surface area contributed by atoms with Crippen LogP contribution in [0.15, 0.2) is 0 Å². The predicted molar refractivity (Wildman–Crippen MR) is 96.9 cm³/mol. The van der Waals surface area contributed by atoms with E-state index in [1.54, 1.807) is 11.8 Å². The second-order valence-electron chi connectivity index (χ2n) is 6.83. The molecule has 1 N–H and O–H groups in total. The van der Waals surface area contributed by atoms with Crippen LogP contribution >= 0.6 is 0 Å². The molecular weight excluding hydrogens is 318 g/mol. The molecule has 25 heavy (non-hydrogen) atoms. The Kier molecular flexibility index (Phi) is 4.94. The fourth-order valence-electron chi connectivity index (χ4n) is 3.66. The number of fused-ring (bicyclic) bond motifs is 1. The highest BCUT2D eigenvalue weighted by Gasteiger charge is 2.22. The van der Waals surface area contributed by atoms with Gasteiger partial charge in [-0.15, -0.1) is 5.10 Å². The van der Waals surface area contributed by atoms with Gasteiger partial charge in [0.1, 0.15) is 0 Å². The third-order valence-electron chi connectivity index (χ3n) is 5.03. The Morgan fingerprint density at radius 2 is 2.16 bits per heavy atom. The molecule has 1 aliphatic rings. The summed E-state index contributed by atoms with van der Waals surface area (Å²) < 4.78 is 7.14. The number of aryl methyl sites for hydroxylation is 3. The van der Waals surface area contributed by atoms with Crippen LogP contribution in [0.3, 0.4) is 0 Å². The minimum absolute atomic E-state index is 0.213. The molecule has 0 aliphatic carbocycles. The van der Waals surface area contributed by atoms with E-state index in [2.05, 4.69) is 24.3 Å². The molecule has 1 aliphatic heterocycles. The molecule has 0 saturated carbocycles. The lowest BCUT2D eigenvalue weighted by Gasteiger charge is -2.32. The van der Waals surface area contributed by atoms with Gasteiger partial charge in [0.2, 0.25) is 11.8 Å². The van der Waals surface area contributed by atoms with Crippen molar-refractivity contribution < 1.29 is 9.53 Å². The average molecular weight is 345 g/mol. The number of nitrogens with one attached hydrogen (secondary N) is 1. The first-order chi connectivity index (χ1) is 11.9. The van der Waals surface area contributed by atoms with Crippen molar-refractivity contribution in [3.8, 4) is 5.88 Å². The van der Waals surface area contributed by atoms with Crippen LogP contribution in [0.25, 0.3) is 11.0 Å². The van der Waals surface area contributed by atoms with E-state index in [1.165, 1.54) is 0 Å². The smallest absolute Gasteiger partial charge is 0.242 e. The first-order valence-electron chi connectivity index (χ1n) is 8.80. The lowest BCUT2D eigenvalue weighted by Crippen LogP contribution is -2.51. The van der Waals surface area contributed by atoms with E-state index >= 15 is 0 Å². The Morgan fingerprint density at radius 1 is 1.40 bits per heavy atom. The molecule has 0 bridgehead atoms. The number of rotatable bonds is 4. The van der Waals surface area contributed by atoms with E-state index < -0.39 is 0 Å². The first-order valence-corrected chi connectivity index (χ1v) is 8.80. The van der Waals surface area contributed by atoms with Crippen molar-refractivity contribution in [2.75, 3.05) is 26.7 Å². The number of methoxy groups -OCH3 is 1. The number of pyridine rings is 1. The summed E-state index contributed by atoms with van der Waals surface area (Å²) in [6.07, 6.45) is 1.19. The van der Waals surface area contributed by atoms with Crippen LogP contribution in [-0.4, -0.2) is 58.4 Å². The molecule has 1 unspecified atom stereocenters. The maximum atomic E-state index is 12.6. The van der Waals surface area contributed by atoms with Crippen LogP contribution in [0.5, 0.6) is 5.88 Å². The van der Waals surface area contributed by atoms with E-state index in [-0.39, 0.29) is 5.91 Å². The lowest BCUT2D eigenvalue weighted by molar-refractivity contribution is -0.132. The quantitative estimate of drug-likeness (QED) is 0.905. The average Bonchev–Trinajstić information content (AvgIpc) is 2.90. The molecule has 7 heteroatoms. The fraction of sp³-hybridized carbons (Fsp3) is 0.611. The number of nitrogens with zero attached hydrogens (tertiary/aromatic N) is 4. The second kappa shape index (κ2) is 7.00. The highest BCUT2D eigenvalue weighted by molar-refractivity contribution is 5.86. The molecule has 1 fully saturated rings. The van der Waals surface area contributed by atoms with Crippen LogP contribution < -0.4 is 10.1 Å². The Bertz CT molecular complexity index is 799. The SMILES string of the molecule is COc1nn(C)c2nc(C)c(CCC(=O)N3CCNC(C)C3)c(C)c12. The maximum absolute atomic E-state index is 12.6. The summed E-state index contributed by atoms with van der Waals surface area (Å²) in [7, 11) is 3.49. The summed E-state index contributed by atoms with van der Waals surface area (Å²) >= 11 is 0. The van der Waals surface area contributed by atoms with Gasteiger partial charge in [-0.05, 0) is 38.3 Å². The van der Waals surface area contributed by atoms with Crippen molar-refractivity contribution in [1.29, 1.82) is 0 Å². The normalized spacial score (nSPS) is 18.0. The van der Waals surface area contributed by atoms with Gasteiger partial charge in [-0.3, -0.25) is 4.79 Å². The van der Waals surface area contributed by atoms with E-state index in [0.717, 1.165) is 47.5 Å². The monoisotopic (exact) mass is 345 g/mol. The third kappa shape index (κ3) is 3.33. The Morgan fingerprint density at radius 3 is 2.84 bits per heavy atom. The zero-order chi connectivity index (χ0) is 18.1. The van der Waals surface area contributed by atoms with Crippen LogP contribution in [0.2, 0.25) is 0 Å². The molecule has 0 aromatic carbocycles. The summed E-state index contributed by atoms with van der Waals surface area (Å²) in [6, 6.07) is 0.360. The lowest BCUT2D eigenvalue weighted by atomic mass is 9.99. The van der Waals surface area contributed by atoms with Crippen molar-refractivity contribution in [3.05, 3.63) is 16.8 Å². The molecule has 3 rings (SSSR count). The molecule has 0 spiro atoms. The summed E-state index contributed by atoms with van der Waals surface area (Å²) in [4.78, 5) is 19.2. The number of amides is 1. The third-order valence-corrected chi connectivity index (χ3v) is 5.03. The molecule has 1 amide bonds. The number of piperazine rings is 1. The second-order valence-corrected chi connectivity index (χ2v) is 6.83. The van der Waals surface area contributed by atoms with Crippen LogP contribution in [0.4, 0.5) is 0 Å². The largest absolute Gasteiger partial charge is 0.479 e. The van der Waals surface area contributed by atoms with E-state index in [1.807, 2.05) is 18.9 Å². The van der Waals surface area contributed by atoms with Crippen LogP contribution in [0.1, 0.15) is 30.2 Å². The minimum atomic E-state index is 0.213. The van der Waals surface area contributed by atoms with Crippen molar-refractivity contribution in [2.24, 2.45) is 7.05 Å². The van der Waals surface area contributed by atoms with Gasteiger partial charge in [0.25, 0.3) is 0 Å². The zero-order valence-corrected chi connectivity index (χ0v) is 15.7. The minimum Gasteiger partial charge on any atom is -0.479 e. The van der Waals surface area contributed by atoms with Gasteiger partial charge in [-0.2, -0.15) is 0 Å². The van der Waals surface area contributed by atoms with Crippen LogP contribution in [-0.2, 0) is 18.3 Å². The Balaban J connectivity index is 1.82. The summed E-state index contributed by atoms with van der Waals surface area (Å²) in [5, 5.41) is 8.68. The summed E-state index contributed by atoms with van der Waals surface area (Å²) in [5.74, 6) is 0.802. The highest BCUT2D eigenvalue weighted by atomic mass is 16.5. The summed E-state index contributed by atoms with van der Waals surface area (Å²) in [6.45, 7) is 8.61. The first kappa shape index (κ1) is 17.7. The van der Waals surface area contributed by atoms with E-state index in [0.29, 0.717) is 24.8 Å². The molecular formula is C18H27N5O2. The number of hydrogen-bond donors (Lipinski definition) is 1. The number of hydrogen-bond acceptors (Lipinski definition) is 5. The molecule has 1 saturated heterocycles. The molecule has 3 heterocycles. The molecule has 2 aromatic rings. The van der Waals surface area contributed by atoms with Crippen molar-refractivity contribution in [2.45, 2.75) is 39.7 Å². The molecule has 7 nitrogen and oxygen atoms in total. The van der Waals surface area contributed by atoms with Gasteiger partial charge < -0.3 is 15.0 Å². The zero-order valence-electron chi connectivity index (χ0n) is 15.7. The molecule has 0 radical (unpaired) electrons. The van der Waals surface area contributed by atoms with Gasteiger partial charge >= 0.3 is 0 Å². The number of carbonyl (C=O) groups excluding carboxylic acids is 1. The Labute approximate surface area is 148 Å². The van der Waals surface area contributed by atoms with E-state index in [4.69, 9.17) is 9.72 Å². The van der Waals surface area contributed by atoms with Gasteiger partial charge in [0.15, 0.2) is 5.65 Å². The maximum Gasteiger partial charge on any atom is 0.242 e. The highest BCUT2D eigenvalue weighted by Crippen LogP contribution is 2.30. The van der Waals surface area contributed by atoms with Crippen molar-refractivity contribution in [3.63, 3.8) is 0 Å². The predicted octanol–water partition coefficient (Wildman–Crippen LogP) is 1.35. The molecule has 1 atom stereocenters. The van der Waals surface area contributed by atoms with Gasteiger partial charge in [-0.1, -0.05) is 0 Å². The molecule has 2 aromatic heterocycles. The fourth-order valence-corrected chi connectivity index (χ4v) is 3.66. The number of carbonyl (C=O) groups is 1. The topological polar surface area (TPSA) is 72.3 Å². The Hall–Kier alpha value is -2.15. The standard InChI is InChI=1S/C18H27N5O2/c1-11-10-23(9-8-19-11)15(24)7-6-14-12(2)16-17(20-13(14)3)22(4)21-18(16)25-5/h11,19H,6-10H2,1-5H3. The van der Waals surface area contributed by atoms with Crippen LogP contribution in [0, 0.1) is 13.8 Å². The molecule has 136 valence electrons. The van der Waals surface area contributed by atoms with E-state index in [9.17, 15) is 4.79 Å². The van der Waals surface area contributed by atoms with Crippen molar-refractivity contribution in [1.82, 2.24) is 25.0 Å². The van der Waals surface area contributed by atoms with Gasteiger partial charge in [-0.25, -0.2) is 9.67 Å². The van der Waals surface area contributed by atoms with Gasteiger partial charge in [0, 0.05) is 44.8 Å². The number of ether oxygens (including phenoxy) is 1. The number of aromatic nitrogens is 3. The van der Waals surface area contributed by atoms with Gasteiger partial charge in [0.05, 0.1) is 12.5 Å². The summed E-state index contributed by atoms with van der Waals surface area (Å²) in [5.41, 5.74) is 4.00.